The molecule has 2 fully saturated rings. The SMILES string of the molecule is COC(=O)C1CC(=O)N(C[C@H]2CCCN2C(=O)OC(C)(C)C)C1. The van der Waals surface area contributed by atoms with Gasteiger partial charge in [0, 0.05) is 26.1 Å². The molecule has 2 aliphatic rings. The molecule has 0 aromatic carbocycles. The fraction of sp³-hybridized carbons (Fsp3) is 0.812. The van der Waals surface area contributed by atoms with Gasteiger partial charge in [-0.2, -0.15) is 0 Å². The first-order valence-corrected chi connectivity index (χ1v) is 8.06. The monoisotopic (exact) mass is 326 g/mol. The van der Waals surface area contributed by atoms with E-state index in [9.17, 15) is 14.4 Å². The second-order valence-electron chi connectivity index (χ2n) is 7.19. The number of nitrogens with zero attached hydrogens (tertiary/aromatic N) is 2. The van der Waals surface area contributed by atoms with Gasteiger partial charge >= 0.3 is 12.1 Å². The van der Waals surface area contributed by atoms with Crippen molar-refractivity contribution in [2.75, 3.05) is 26.7 Å². The van der Waals surface area contributed by atoms with Crippen molar-refractivity contribution in [3.63, 3.8) is 0 Å². The van der Waals surface area contributed by atoms with Crippen LogP contribution in [0.2, 0.25) is 0 Å². The molecule has 2 aliphatic heterocycles. The first-order valence-electron chi connectivity index (χ1n) is 8.06. The zero-order chi connectivity index (χ0) is 17.2. The summed E-state index contributed by atoms with van der Waals surface area (Å²) in [6.07, 6.45) is 1.58. The highest BCUT2D eigenvalue weighted by Crippen LogP contribution is 2.25. The van der Waals surface area contributed by atoms with Crippen molar-refractivity contribution in [1.29, 1.82) is 0 Å². The highest BCUT2D eigenvalue weighted by Gasteiger charge is 2.39. The number of rotatable bonds is 3. The molecule has 2 amide bonds. The van der Waals surface area contributed by atoms with Gasteiger partial charge in [0.25, 0.3) is 0 Å². The van der Waals surface area contributed by atoms with Gasteiger partial charge in [-0.05, 0) is 33.6 Å². The number of carbonyl (C=O) groups is 3. The molecule has 2 saturated heterocycles. The summed E-state index contributed by atoms with van der Waals surface area (Å²) in [4.78, 5) is 39.3. The normalized spacial score (nSPS) is 25.0. The van der Waals surface area contributed by atoms with Gasteiger partial charge in [0.1, 0.15) is 5.60 Å². The lowest BCUT2D eigenvalue weighted by molar-refractivity contribution is -0.145. The molecule has 0 radical (unpaired) electrons. The van der Waals surface area contributed by atoms with Crippen molar-refractivity contribution in [1.82, 2.24) is 9.80 Å². The van der Waals surface area contributed by atoms with Gasteiger partial charge in [-0.15, -0.1) is 0 Å². The molecule has 2 heterocycles. The lowest BCUT2D eigenvalue weighted by atomic mass is 10.1. The number of hydrogen-bond donors (Lipinski definition) is 0. The van der Waals surface area contributed by atoms with Crippen molar-refractivity contribution < 1.29 is 23.9 Å². The predicted molar refractivity (Wildman–Crippen MR) is 82.7 cm³/mol. The second kappa shape index (κ2) is 6.76. The van der Waals surface area contributed by atoms with Gasteiger partial charge in [0.15, 0.2) is 0 Å². The summed E-state index contributed by atoms with van der Waals surface area (Å²) in [5.74, 6) is -0.809. The molecule has 7 nitrogen and oxygen atoms in total. The Balaban J connectivity index is 1.95. The molecular formula is C16H26N2O5. The Morgan fingerprint density at radius 2 is 2.00 bits per heavy atom. The van der Waals surface area contributed by atoms with Crippen LogP contribution in [0, 0.1) is 5.92 Å². The molecule has 0 aliphatic carbocycles. The molecule has 0 N–H and O–H groups in total. The number of carbonyl (C=O) groups excluding carboxylic acids is 3. The molecule has 23 heavy (non-hydrogen) atoms. The van der Waals surface area contributed by atoms with E-state index in [1.165, 1.54) is 7.11 Å². The van der Waals surface area contributed by atoms with Crippen LogP contribution in [0.15, 0.2) is 0 Å². The van der Waals surface area contributed by atoms with Crippen LogP contribution >= 0.6 is 0 Å². The van der Waals surface area contributed by atoms with Crippen molar-refractivity contribution >= 4 is 18.0 Å². The van der Waals surface area contributed by atoms with Gasteiger partial charge < -0.3 is 19.3 Å². The summed E-state index contributed by atoms with van der Waals surface area (Å²) in [5, 5.41) is 0. The zero-order valence-corrected chi connectivity index (χ0v) is 14.3. The van der Waals surface area contributed by atoms with Gasteiger partial charge in [0.2, 0.25) is 5.91 Å². The molecule has 0 aromatic heterocycles. The number of hydrogen-bond acceptors (Lipinski definition) is 5. The second-order valence-corrected chi connectivity index (χ2v) is 7.19. The number of likely N-dealkylation sites (tertiary alicyclic amines) is 2. The van der Waals surface area contributed by atoms with E-state index in [1.54, 1.807) is 9.80 Å². The summed E-state index contributed by atoms with van der Waals surface area (Å²) < 4.78 is 10.1. The summed E-state index contributed by atoms with van der Waals surface area (Å²) in [6.45, 7) is 6.96. The van der Waals surface area contributed by atoms with Crippen LogP contribution in [0.5, 0.6) is 0 Å². The maximum Gasteiger partial charge on any atom is 0.410 e. The third kappa shape index (κ3) is 4.36. The summed E-state index contributed by atoms with van der Waals surface area (Å²) in [7, 11) is 1.33. The van der Waals surface area contributed by atoms with Crippen LogP contribution in [0.3, 0.4) is 0 Å². The van der Waals surface area contributed by atoms with E-state index in [4.69, 9.17) is 9.47 Å². The maximum absolute atomic E-state index is 12.3. The highest BCUT2D eigenvalue weighted by atomic mass is 16.6. The Kier molecular flexibility index (Phi) is 5.16. The van der Waals surface area contributed by atoms with E-state index in [2.05, 4.69) is 0 Å². The van der Waals surface area contributed by atoms with Gasteiger partial charge in [0.05, 0.1) is 19.1 Å². The van der Waals surface area contributed by atoms with Crippen LogP contribution in [0.1, 0.15) is 40.0 Å². The van der Waals surface area contributed by atoms with Crippen LogP contribution in [-0.2, 0) is 19.1 Å². The Labute approximate surface area is 136 Å². The van der Waals surface area contributed by atoms with Gasteiger partial charge in [-0.25, -0.2) is 4.79 Å². The number of amides is 2. The van der Waals surface area contributed by atoms with Crippen molar-refractivity contribution in [3.05, 3.63) is 0 Å². The Bertz CT molecular complexity index is 485. The third-order valence-electron chi connectivity index (χ3n) is 4.19. The number of ether oxygens (including phenoxy) is 2. The van der Waals surface area contributed by atoms with Crippen LogP contribution in [0.4, 0.5) is 4.79 Å². The number of esters is 1. The van der Waals surface area contributed by atoms with Crippen molar-refractivity contribution in [2.24, 2.45) is 5.92 Å². The quantitative estimate of drug-likeness (QED) is 0.733. The Hall–Kier alpha value is -1.79. The Morgan fingerprint density at radius 3 is 2.61 bits per heavy atom. The average molecular weight is 326 g/mol. The lowest BCUT2D eigenvalue weighted by Gasteiger charge is -2.30. The molecule has 1 unspecified atom stereocenters. The average Bonchev–Trinajstić information content (AvgIpc) is 3.04. The van der Waals surface area contributed by atoms with Crippen LogP contribution < -0.4 is 0 Å². The summed E-state index contributed by atoms with van der Waals surface area (Å²) in [6, 6.07) is -0.0507. The molecule has 7 heteroatoms. The molecule has 0 saturated carbocycles. The smallest absolute Gasteiger partial charge is 0.410 e. The van der Waals surface area contributed by atoms with E-state index >= 15 is 0 Å². The zero-order valence-electron chi connectivity index (χ0n) is 14.3. The van der Waals surface area contributed by atoms with Crippen molar-refractivity contribution in [2.45, 2.75) is 51.7 Å². The largest absolute Gasteiger partial charge is 0.469 e. The fourth-order valence-corrected chi connectivity index (χ4v) is 3.11. The fourth-order valence-electron chi connectivity index (χ4n) is 3.11. The highest BCUT2D eigenvalue weighted by molar-refractivity contribution is 5.86. The molecule has 0 aromatic rings. The summed E-state index contributed by atoms with van der Waals surface area (Å²) >= 11 is 0. The topological polar surface area (TPSA) is 76.2 Å². The maximum atomic E-state index is 12.3. The van der Waals surface area contributed by atoms with E-state index in [-0.39, 0.29) is 30.4 Å². The van der Waals surface area contributed by atoms with E-state index in [1.807, 2.05) is 20.8 Å². The van der Waals surface area contributed by atoms with Crippen molar-refractivity contribution in [3.8, 4) is 0 Å². The standard InChI is InChI=1S/C16H26N2O5/c1-16(2,3)23-15(21)18-7-5-6-12(18)10-17-9-11(8-13(17)19)14(20)22-4/h11-12H,5-10H2,1-4H3/t11?,12-/m1/s1. The van der Waals surface area contributed by atoms with E-state index < -0.39 is 11.5 Å². The first kappa shape index (κ1) is 17.6. The third-order valence-corrected chi connectivity index (χ3v) is 4.19. The molecule has 0 spiro atoms. The van der Waals surface area contributed by atoms with Crippen LogP contribution in [0.25, 0.3) is 0 Å². The minimum absolute atomic E-state index is 0.0507. The van der Waals surface area contributed by atoms with Gasteiger partial charge in [-0.1, -0.05) is 0 Å². The van der Waals surface area contributed by atoms with E-state index in [0.717, 1.165) is 12.8 Å². The van der Waals surface area contributed by atoms with Gasteiger partial charge in [-0.3, -0.25) is 9.59 Å². The molecular weight excluding hydrogens is 300 g/mol. The molecule has 130 valence electrons. The molecule has 0 bridgehead atoms. The lowest BCUT2D eigenvalue weighted by Crippen LogP contribution is -2.45. The molecule has 2 atom stereocenters. The minimum atomic E-state index is -0.538. The summed E-state index contributed by atoms with van der Waals surface area (Å²) in [5.41, 5.74) is -0.538. The minimum Gasteiger partial charge on any atom is -0.469 e. The predicted octanol–water partition coefficient (Wildman–Crippen LogP) is 1.41. The first-order chi connectivity index (χ1) is 10.7. The Morgan fingerprint density at radius 1 is 1.30 bits per heavy atom. The van der Waals surface area contributed by atoms with Crippen LogP contribution in [-0.4, -0.2) is 66.2 Å². The number of methoxy groups -OCH3 is 1. The van der Waals surface area contributed by atoms with E-state index in [0.29, 0.717) is 19.6 Å². The molecule has 2 rings (SSSR count).